The summed E-state index contributed by atoms with van der Waals surface area (Å²) in [4.78, 5) is 22.7. The number of aromatic nitrogens is 1. The van der Waals surface area contributed by atoms with Crippen LogP contribution in [0.5, 0.6) is 0 Å². The molecular weight excluding hydrogens is 262 g/mol. The molecule has 1 aliphatic carbocycles. The second-order valence-electron chi connectivity index (χ2n) is 5.16. The first-order chi connectivity index (χ1) is 9.54. The van der Waals surface area contributed by atoms with E-state index in [1.165, 1.54) is 0 Å². The van der Waals surface area contributed by atoms with Gasteiger partial charge in [-0.25, -0.2) is 4.79 Å². The monoisotopic (exact) mass is 281 g/mol. The number of aryl methyl sites for hydroxylation is 1. The van der Waals surface area contributed by atoms with Gasteiger partial charge >= 0.3 is 12.0 Å². The first kappa shape index (κ1) is 14.4. The van der Waals surface area contributed by atoms with Crippen LogP contribution in [-0.4, -0.2) is 28.3 Å². The summed E-state index contributed by atoms with van der Waals surface area (Å²) in [5.74, 6) is -0.551. The number of rotatable bonds is 4. The number of amides is 2. The molecule has 0 radical (unpaired) electrons. The zero-order valence-corrected chi connectivity index (χ0v) is 11.4. The molecule has 20 heavy (non-hydrogen) atoms. The number of nitrogens with one attached hydrogen (secondary N) is 2. The summed E-state index contributed by atoms with van der Waals surface area (Å²) in [5, 5.41) is 18.2. The van der Waals surface area contributed by atoms with Gasteiger partial charge in [-0.3, -0.25) is 4.79 Å². The first-order valence-electron chi connectivity index (χ1n) is 6.74. The minimum atomic E-state index is -0.783. The van der Waals surface area contributed by atoms with Crippen LogP contribution in [0.4, 0.5) is 4.79 Å². The molecule has 0 saturated heterocycles. The molecule has 0 aromatic carbocycles. The molecule has 1 fully saturated rings. The summed E-state index contributed by atoms with van der Waals surface area (Å²) < 4.78 is 4.98. The van der Waals surface area contributed by atoms with Gasteiger partial charge in [0.15, 0.2) is 5.76 Å². The van der Waals surface area contributed by atoms with E-state index < -0.39 is 5.97 Å². The summed E-state index contributed by atoms with van der Waals surface area (Å²) >= 11 is 0. The van der Waals surface area contributed by atoms with Gasteiger partial charge in [0, 0.05) is 12.1 Å². The highest BCUT2D eigenvalue weighted by molar-refractivity contribution is 5.74. The van der Waals surface area contributed by atoms with Crippen molar-refractivity contribution >= 4 is 12.0 Å². The Morgan fingerprint density at radius 1 is 1.50 bits per heavy atom. The minimum absolute atomic E-state index is 0.0821. The van der Waals surface area contributed by atoms with Crippen LogP contribution in [0.1, 0.15) is 37.1 Å². The van der Waals surface area contributed by atoms with Crippen molar-refractivity contribution < 1.29 is 19.2 Å². The number of carbonyl (C=O) groups excluding carboxylic acids is 1. The Balaban J connectivity index is 1.75. The van der Waals surface area contributed by atoms with Gasteiger partial charge in [-0.05, 0) is 26.2 Å². The van der Waals surface area contributed by atoms with Gasteiger partial charge < -0.3 is 20.3 Å². The number of carboxylic acids is 1. The number of hydrogen-bond donors (Lipinski definition) is 3. The fraction of sp³-hybridized carbons (Fsp3) is 0.615. The summed E-state index contributed by atoms with van der Waals surface area (Å²) in [7, 11) is 0. The van der Waals surface area contributed by atoms with Crippen molar-refractivity contribution in [3.05, 3.63) is 17.5 Å². The van der Waals surface area contributed by atoms with Crippen molar-refractivity contribution in [3.63, 3.8) is 0 Å². The Morgan fingerprint density at radius 3 is 2.95 bits per heavy atom. The Morgan fingerprint density at radius 2 is 2.30 bits per heavy atom. The maximum Gasteiger partial charge on any atom is 0.315 e. The topological polar surface area (TPSA) is 104 Å². The van der Waals surface area contributed by atoms with Crippen molar-refractivity contribution in [2.75, 3.05) is 0 Å². The van der Waals surface area contributed by atoms with E-state index in [-0.39, 0.29) is 24.5 Å². The normalized spacial score (nSPS) is 22.2. The molecule has 0 spiro atoms. The van der Waals surface area contributed by atoms with Crippen LogP contribution in [0.3, 0.4) is 0 Å². The van der Waals surface area contributed by atoms with E-state index in [1.807, 2.05) is 0 Å². The number of carbonyl (C=O) groups is 2. The molecule has 3 N–H and O–H groups in total. The van der Waals surface area contributed by atoms with E-state index in [4.69, 9.17) is 9.63 Å². The zero-order chi connectivity index (χ0) is 14.5. The number of aliphatic carboxylic acids is 1. The third kappa shape index (κ3) is 3.97. The molecule has 0 aliphatic heterocycles. The highest BCUT2D eigenvalue weighted by atomic mass is 16.5. The lowest BCUT2D eigenvalue weighted by Gasteiger charge is -2.27. The number of urea groups is 1. The Labute approximate surface area is 116 Å². The lowest BCUT2D eigenvalue weighted by atomic mass is 9.86. The standard InChI is InChI=1S/C13H19N3O4/c1-8-5-11(20-16-8)7-14-13(19)15-10-4-2-3-9(6-10)12(17)18/h5,9-10H,2-4,6-7H2,1H3,(H,17,18)(H2,14,15,19). The van der Waals surface area contributed by atoms with E-state index in [1.54, 1.807) is 13.0 Å². The molecule has 7 heteroatoms. The Kier molecular flexibility index (Phi) is 4.60. The molecule has 2 unspecified atom stereocenters. The second-order valence-corrected chi connectivity index (χ2v) is 5.16. The molecule has 1 aromatic heterocycles. The van der Waals surface area contributed by atoms with Crippen molar-refractivity contribution in [1.29, 1.82) is 0 Å². The molecule has 1 heterocycles. The fourth-order valence-electron chi connectivity index (χ4n) is 2.45. The van der Waals surface area contributed by atoms with Crippen LogP contribution in [0.2, 0.25) is 0 Å². The van der Waals surface area contributed by atoms with Gasteiger partial charge in [-0.2, -0.15) is 0 Å². The van der Waals surface area contributed by atoms with E-state index >= 15 is 0 Å². The van der Waals surface area contributed by atoms with E-state index in [0.29, 0.717) is 18.6 Å². The minimum Gasteiger partial charge on any atom is -0.481 e. The predicted molar refractivity (Wildman–Crippen MR) is 70.0 cm³/mol. The van der Waals surface area contributed by atoms with Crippen LogP contribution < -0.4 is 10.6 Å². The van der Waals surface area contributed by atoms with E-state index in [0.717, 1.165) is 18.5 Å². The van der Waals surface area contributed by atoms with Crippen LogP contribution in [-0.2, 0) is 11.3 Å². The number of nitrogens with zero attached hydrogens (tertiary/aromatic N) is 1. The molecule has 110 valence electrons. The van der Waals surface area contributed by atoms with Crippen LogP contribution >= 0.6 is 0 Å². The first-order valence-corrected chi connectivity index (χ1v) is 6.74. The molecule has 0 bridgehead atoms. The third-order valence-electron chi connectivity index (χ3n) is 3.46. The van der Waals surface area contributed by atoms with Crippen molar-refractivity contribution in [2.45, 2.75) is 45.2 Å². The Bertz CT molecular complexity index is 486. The van der Waals surface area contributed by atoms with E-state index in [9.17, 15) is 9.59 Å². The molecule has 2 amide bonds. The van der Waals surface area contributed by atoms with Gasteiger partial charge in [0.25, 0.3) is 0 Å². The van der Waals surface area contributed by atoms with Crippen molar-refractivity contribution in [2.24, 2.45) is 5.92 Å². The van der Waals surface area contributed by atoms with Gasteiger partial charge in [0.1, 0.15) is 0 Å². The maximum absolute atomic E-state index is 11.7. The predicted octanol–water partition coefficient (Wildman–Crippen LogP) is 1.43. The van der Waals surface area contributed by atoms with E-state index in [2.05, 4.69) is 15.8 Å². The fourth-order valence-corrected chi connectivity index (χ4v) is 2.45. The van der Waals surface area contributed by atoms with Crippen LogP contribution in [0, 0.1) is 12.8 Å². The summed E-state index contributed by atoms with van der Waals surface area (Å²) in [5.41, 5.74) is 0.763. The highest BCUT2D eigenvalue weighted by Gasteiger charge is 2.27. The average molecular weight is 281 g/mol. The van der Waals surface area contributed by atoms with Crippen LogP contribution in [0.15, 0.2) is 10.6 Å². The highest BCUT2D eigenvalue weighted by Crippen LogP contribution is 2.24. The zero-order valence-electron chi connectivity index (χ0n) is 11.4. The smallest absolute Gasteiger partial charge is 0.315 e. The quantitative estimate of drug-likeness (QED) is 0.774. The van der Waals surface area contributed by atoms with Gasteiger partial charge in [-0.1, -0.05) is 11.6 Å². The average Bonchev–Trinajstić information content (AvgIpc) is 2.82. The molecule has 1 aromatic rings. The molecule has 1 aliphatic rings. The van der Waals surface area contributed by atoms with Crippen molar-refractivity contribution in [1.82, 2.24) is 15.8 Å². The largest absolute Gasteiger partial charge is 0.481 e. The SMILES string of the molecule is Cc1cc(CNC(=O)NC2CCCC(C(=O)O)C2)on1. The lowest BCUT2D eigenvalue weighted by Crippen LogP contribution is -2.44. The molecule has 2 atom stereocenters. The Hall–Kier alpha value is -2.05. The molecule has 2 rings (SSSR count). The summed E-state index contributed by atoms with van der Waals surface area (Å²) in [6.45, 7) is 2.07. The van der Waals surface area contributed by atoms with Crippen molar-refractivity contribution in [3.8, 4) is 0 Å². The third-order valence-corrected chi connectivity index (χ3v) is 3.46. The molecule has 7 nitrogen and oxygen atoms in total. The molecule has 1 saturated carbocycles. The molecular formula is C13H19N3O4. The van der Waals surface area contributed by atoms with Gasteiger partial charge in [-0.15, -0.1) is 0 Å². The van der Waals surface area contributed by atoms with Gasteiger partial charge in [0.05, 0.1) is 18.2 Å². The second kappa shape index (κ2) is 6.40. The van der Waals surface area contributed by atoms with Crippen LogP contribution in [0.25, 0.3) is 0 Å². The summed E-state index contributed by atoms with van der Waals surface area (Å²) in [6, 6.07) is 1.36. The number of carboxylic acid groups (broad SMARTS) is 1. The maximum atomic E-state index is 11.7. The number of hydrogen-bond acceptors (Lipinski definition) is 4. The lowest BCUT2D eigenvalue weighted by molar-refractivity contribution is -0.143. The van der Waals surface area contributed by atoms with Gasteiger partial charge in [0.2, 0.25) is 0 Å². The summed E-state index contributed by atoms with van der Waals surface area (Å²) in [6.07, 6.45) is 2.82.